The van der Waals surface area contributed by atoms with E-state index in [1.807, 2.05) is 6.26 Å². The van der Waals surface area contributed by atoms with Gasteiger partial charge in [-0.2, -0.15) is 24.4 Å². The second-order valence-electron chi connectivity index (χ2n) is 2.17. The molecule has 0 aromatic carbocycles. The summed E-state index contributed by atoms with van der Waals surface area (Å²) in [5.41, 5.74) is 5.19. The Morgan fingerprint density at radius 2 is 2.15 bits per heavy atom. The number of nitrogens with two attached hydrogens (primary N) is 1. The van der Waals surface area contributed by atoms with Crippen molar-refractivity contribution in [2.24, 2.45) is 5.73 Å². The second kappa shape index (κ2) is 12.1. The van der Waals surface area contributed by atoms with Crippen LogP contribution in [0.5, 0.6) is 0 Å². The molecule has 1 atom stereocenters. The number of hydrogen-bond donors (Lipinski definition) is 4. The minimum atomic E-state index is -0.913. The monoisotopic (exact) mass is 230 g/mol. The summed E-state index contributed by atoms with van der Waals surface area (Å²) >= 11 is 5.27. The molecular weight excluding hydrogens is 213 g/mol. The summed E-state index contributed by atoms with van der Waals surface area (Å²) in [4.78, 5) is 10.1. The lowest BCUT2D eigenvalue weighted by molar-refractivity contribution is -0.138. The Morgan fingerprint density at radius 3 is 2.38 bits per heavy atom. The third kappa shape index (κ3) is 14.9. The van der Waals surface area contributed by atoms with Gasteiger partial charge in [0.2, 0.25) is 0 Å². The number of carboxylic acids is 1. The van der Waals surface area contributed by atoms with E-state index >= 15 is 0 Å². The van der Waals surface area contributed by atoms with Gasteiger partial charge in [-0.25, -0.2) is 0 Å². The van der Waals surface area contributed by atoms with Crippen LogP contribution < -0.4 is 5.73 Å². The number of carbonyl (C=O) groups is 1. The van der Waals surface area contributed by atoms with Gasteiger partial charge in [0.05, 0.1) is 6.61 Å². The van der Waals surface area contributed by atoms with Crippen molar-refractivity contribution in [3.05, 3.63) is 0 Å². The molecule has 80 valence electrons. The Kier molecular flexibility index (Phi) is 14.5. The Morgan fingerprint density at radius 1 is 1.69 bits per heavy atom. The summed E-state index contributed by atoms with van der Waals surface area (Å²) in [6, 6.07) is -0.683. The third-order valence-electron chi connectivity index (χ3n) is 1.05. The normalized spacial score (nSPS) is 11.4. The molecule has 0 bridgehead atoms. The molecule has 4 N–H and O–H groups in total. The molecule has 0 saturated carbocycles. The van der Waals surface area contributed by atoms with E-state index in [9.17, 15) is 4.79 Å². The predicted molar refractivity (Wildman–Crippen MR) is 59.5 cm³/mol. The van der Waals surface area contributed by atoms with Crippen LogP contribution in [0.1, 0.15) is 6.42 Å². The molecule has 0 radical (unpaired) electrons. The number of aliphatic carboxylic acids is 1. The quantitative estimate of drug-likeness (QED) is 0.502. The average molecular weight is 230 g/mol. The average Bonchev–Trinajstić information content (AvgIpc) is 2.14. The number of hydrogen-bond acceptors (Lipinski definition) is 5. The predicted octanol–water partition coefficient (Wildman–Crippen LogP) is 0.0599. The standard InChI is InChI=1S/C5H11NO2S.C2H6OS/c1-9-3-2-4(6)5(7)8;3-1-2-4/h4H,2-3,6H2,1H3,(H,7,8);3-4H,1-2H2/t4-;/m0./s1/i9+3;. The van der Waals surface area contributed by atoms with Crippen molar-refractivity contribution < 1.29 is 15.0 Å². The Bertz CT molecular complexity index is 122. The molecule has 0 aliphatic carbocycles. The topological polar surface area (TPSA) is 83.6 Å². The van der Waals surface area contributed by atoms with Gasteiger partial charge in [0, 0.05) is 5.75 Å². The van der Waals surface area contributed by atoms with Crippen LogP contribution in [0.3, 0.4) is 0 Å². The fourth-order valence-corrected chi connectivity index (χ4v) is 0.858. The molecular formula is C7H17NO3S2. The van der Waals surface area contributed by atoms with Crippen molar-refractivity contribution in [3.8, 4) is 0 Å². The van der Waals surface area contributed by atoms with Crippen LogP contribution in [0.25, 0.3) is 0 Å². The maximum absolute atomic E-state index is 10.1. The zero-order valence-electron chi connectivity index (χ0n) is 7.64. The zero-order chi connectivity index (χ0) is 10.7. The lowest BCUT2D eigenvalue weighted by atomic mass is 10.2. The number of thiol groups is 1. The number of thioether (sulfide) groups is 1. The lowest BCUT2D eigenvalue weighted by Gasteiger charge is -2.02. The fraction of sp³-hybridized carbons (Fsp3) is 0.857. The molecule has 6 heteroatoms. The van der Waals surface area contributed by atoms with Gasteiger partial charge in [-0.15, -0.1) is 0 Å². The van der Waals surface area contributed by atoms with Crippen LogP contribution in [-0.2, 0) is 4.79 Å². The highest BCUT2D eigenvalue weighted by atomic mass is 35.1. The highest BCUT2D eigenvalue weighted by Crippen LogP contribution is 1.97. The minimum absolute atomic E-state index is 0.184. The molecule has 13 heavy (non-hydrogen) atoms. The zero-order valence-corrected chi connectivity index (χ0v) is 9.35. The Balaban J connectivity index is 0. The first-order valence-corrected chi connectivity index (χ1v) is 5.81. The molecule has 0 fully saturated rings. The van der Waals surface area contributed by atoms with Crippen molar-refractivity contribution in [1.82, 2.24) is 0 Å². The molecule has 0 aromatic heterocycles. The van der Waals surface area contributed by atoms with E-state index in [2.05, 4.69) is 12.6 Å². The summed E-state index contributed by atoms with van der Waals surface area (Å²) in [5.74, 6) is 0.469. The number of aliphatic hydroxyl groups excluding tert-OH is 1. The highest BCUT2D eigenvalue weighted by Gasteiger charge is 2.08. The van der Waals surface area contributed by atoms with E-state index in [0.29, 0.717) is 12.2 Å². The van der Waals surface area contributed by atoms with Gasteiger partial charge in [-0.1, -0.05) is 0 Å². The number of rotatable bonds is 5. The van der Waals surface area contributed by atoms with Crippen molar-refractivity contribution in [3.63, 3.8) is 0 Å². The van der Waals surface area contributed by atoms with Gasteiger partial charge in [0.1, 0.15) is 6.04 Å². The van der Waals surface area contributed by atoms with Crippen molar-refractivity contribution in [2.75, 3.05) is 24.4 Å². The second-order valence-corrected chi connectivity index (χ2v) is 3.61. The van der Waals surface area contributed by atoms with E-state index in [1.54, 1.807) is 11.8 Å². The molecule has 0 amide bonds. The van der Waals surface area contributed by atoms with Crippen LogP contribution in [0.15, 0.2) is 0 Å². The van der Waals surface area contributed by atoms with E-state index in [-0.39, 0.29) is 6.61 Å². The summed E-state index contributed by atoms with van der Waals surface area (Å²) in [7, 11) is 0. The van der Waals surface area contributed by atoms with E-state index in [1.165, 1.54) is 0 Å². The van der Waals surface area contributed by atoms with Crippen LogP contribution in [0.2, 0.25) is 0 Å². The maximum Gasteiger partial charge on any atom is 0.320 e. The first-order valence-electron chi connectivity index (χ1n) is 3.79. The SMILES string of the molecule is C[35S]CC[C@H](N)C(=O)O.OCCS. The Hall–Kier alpha value is 0.0900. The van der Waals surface area contributed by atoms with Gasteiger partial charge < -0.3 is 15.9 Å². The molecule has 0 aliphatic heterocycles. The molecule has 0 saturated heterocycles. The van der Waals surface area contributed by atoms with Crippen LogP contribution >= 0.6 is 24.4 Å². The van der Waals surface area contributed by atoms with Crippen LogP contribution in [0.4, 0.5) is 0 Å². The highest BCUT2D eigenvalue weighted by molar-refractivity contribution is 7.98. The summed E-state index contributed by atoms with van der Waals surface area (Å²) < 4.78 is 0. The van der Waals surface area contributed by atoms with Gasteiger partial charge in [0.15, 0.2) is 0 Å². The summed E-state index contributed by atoms with van der Waals surface area (Å²) in [6.07, 6.45) is 2.48. The van der Waals surface area contributed by atoms with Gasteiger partial charge in [0.25, 0.3) is 0 Å². The van der Waals surface area contributed by atoms with Gasteiger partial charge in [-0.3, -0.25) is 4.79 Å². The largest absolute Gasteiger partial charge is 0.480 e. The van der Waals surface area contributed by atoms with Gasteiger partial charge in [-0.05, 0) is 18.4 Å². The molecule has 0 aromatic rings. The van der Waals surface area contributed by atoms with Crippen LogP contribution in [0, 0.1) is 0 Å². The van der Waals surface area contributed by atoms with E-state index < -0.39 is 12.0 Å². The lowest BCUT2D eigenvalue weighted by Crippen LogP contribution is -2.30. The smallest absolute Gasteiger partial charge is 0.320 e. The molecule has 0 heterocycles. The minimum Gasteiger partial charge on any atom is -0.480 e. The van der Waals surface area contributed by atoms with Crippen LogP contribution in [-0.4, -0.2) is 46.6 Å². The van der Waals surface area contributed by atoms with E-state index in [0.717, 1.165) is 5.75 Å². The van der Waals surface area contributed by atoms with Crippen molar-refractivity contribution in [1.29, 1.82) is 0 Å². The molecule has 4 nitrogen and oxygen atoms in total. The van der Waals surface area contributed by atoms with Crippen molar-refractivity contribution in [2.45, 2.75) is 12.5 Å². The molecule has 0 rings (SSSR count). The molecule has 0 unspecified atom stereocenters. The number of carboxylic acid groups (broad SMARTS) is 1. The van der Waals surface area contributed by atoms with Crippen molar-refractivity contribution >= 4 is 30.4 Å². The molecule has 0 aliphatic rings. The third-order valence-corrected chi connectivity index (χ3v) is 1.89. The van der Waals surface area contributed by atoms with Gasteiger partial charge >= 0.3 is 5.97 Å². The van der Waals surface area contributed by atoms with E-state index in [4.69, 9.17) is 15.9 Å². The first-order chi connectivity index (χ1) is 6.09. The number of aliphatic hydroxyl groups is 1. The molecule has 0 spiro atoms. The maximum atomic E-state index is 10.1. The Labute approximate surface area is 88.3 Å². The fourth-order valence-electron chi connectivity index (χ4n) is 0.368. The summed E-state index contributed by atoms with van der Waals surface area (Å²) in [5, 5.41) is 16.1. The summed E-state index contributed by atoms with van der Waals surface area (Å²) in [6.45, 7) is 0.184. The first kappa shape index (κ1) is 15.6.